The molecule has 0 bridgehead atoms. The predicted molar refractivity (Wildman–Crippen MR) is 76.9 cm³/mol. The third kappa shape index (κ3) is 3.30. The largest absolute Gasteiger partial charge is 0.347 e. The number of hydrogen-bond donors (Lipinski definition) is 3. The molecule has 2 heterocycles. The van der Waals surface area contributed by atoms with Crippen LogP contribution in [0.1, 0.15) is 27.0 Å². The van der Waals surface area contributed by atoms with Crippen LogP contribution in [-0.4, -0.2) is 10.9 Å². The van der Waals surface area contributed by atoms with Crippen LogP contribution in [0.3, 0.4) is 0 Å². The zero-order valence-electron chi connectivity index (χ0n) is 10.6. The van der Waals surface area contributed by atoms with Crippen molar-refractivity contribution in [3.8, 4) is 0 Å². The molecule has 0 saturated heterocycles. The van der Waals surface area contributed by atoms with E-state index in [9.17, 15) is 4.79 Å². The molecule has 0 radical (unpaired) electrons. The Bertz CT molecular complexity index is 567. The van der Waals surface area contributed by atoms with Gasteiger partial charge in [0, 0.05) is 22.1 Å². The highest BCUT2D eigenvalue weighted by molar-refractivity contribution is 7.11. The molecule has 1 amide bonds. The Morgan fingerprint density at radius 3 is 2.84 bits per heavy atom. The van der Waals surface area contributed by atoms with Crippen molar-refractivity contribution < 1.29 is 4.79 Å². The Labute approximate surface area is 115 Å². The number of amides is 1. The van der Waals surface area contributed by atoms with Crippen LogP contribution in [0.5, 0.6) is 0 Å². The maximum atomic E-state index is 12.0. The minimum absolute atomic E-state index is 0.188. The zero-order chi connectivity index (χ0) is 13.7. The van der Waals surface area contributed by atoms with Crippen LogP contribution < -0.4 is 16.6 Å². The first-order valence-corrected chi connectivity index (χ1v) is 6.82. The number of nitrogens with two attached hydrogens (primary N) is 1. The number of carbonyl (C=O) groups excluding carboxylic acids is 1. The molecule has 0 atom stereocenters. The van der Waals surface area contributed by atoms with Gasteiger partial charge in [0.1, 0.15) is 0 Å². The molecule has 2 rings (SSSR count). The summed E-state index contributed by atoms with van der Waals surface area (Å²) in [6.45, 7) is 2.63. The SMILES string of the molecule is CCc1ccc(CNC(=O)c2cnccc2NN)s1. The molecule has 0 aliphatic rings. The van der Waals surface area contributed by atoms with Crippen molar-refractivity contribution in [1.29, 1.82) is 0 Å². The van der Waals surface area contributed by atoms with Crippen LogP contribution in [0.25, 0.3) is 0 Å². The Balaban J connectivity index is 2.01. The lowest BCUT2D eigenvalue weighted by Crippen LogP contribution is -2.24. The highest BCUT2D eigenvalue weighted by Crippen LogP contribution is 2.17. The number of nitrogens with zero attached hydrogens (tertiary/aromatic N) is 1. The van der Waals surface area contributed by atoms with Gasteiger partial charge in [0.05, 0.1) is 17.8 Å². The number of thiophene rings is 1. The van der Waals surface area contributed by atoms with E-state index < -0.39 is 0 Å². The number of hydrazine groups is 1. The number of aromatic nitrogens is 1. The van der Waals surface area contributed by atoms with Gasteiger partial charge in [0.2, 0.25) is 0 Å². The number of anilines is 1. The van der Waals surface area contributed by atoms with E-state index in [1.807, 2.05) is 6.07 Å². The van der Waals surface area contributed by atoms with E-state index in [4.69, 9.17) is 5.84 Å². The van der Waals surface area contributed by atoms with Crippen LogP contribution in [0.4, 0.5) is 5.69 Å². The lowest BCUT2D eigenvalue weighted by molar-refractivity contribution is 0.0951. The summed E-state index contributed by atoms with van der Waals surface area (Å²) >= 11 is 1.71. The predicted octanol–water partition coefficient (Wildman–Crippen LogP) is 1.92. The topological polar surface area (TPSA) is 80.0 Å². The summed E-state index contributed by atoms with van der Waals surface area (Å²) in [7, 11) is 0. The van der Waals surface area contributed by atoms with Crippen molar-refractivity contribution >= 4 is 22.9 Å². The quantitative estimate of drug-likeness (QED) is 0.576. The van der Waals surface area contributed by atoms with Gasteiger partial charge in [0.15, 0.2) is 0 Å². The van der Waals surface area contributed by atoms with Crippen molar-refractivity contribution in [1.82, 2.24) is 10.3 Å². The summed E-state index contributed by atoms with van der Waals surface area (Å²) in [6.07, 6.45) is 4.09. The highest BCUT2D eigenvalue weighted by atomic mass is 32.1. The van der Waals surface area contributed by atoms with Gasteiger partial charge in [-0.25, -0.2) is 0 Å². The van der Waals surface area contributed by atoms with E-state index in [1.54, 1.807) is 23.6 Å². The van der Waals surface area contributed by atoms with Crippen molar-refractivity contribution in [3.05, 3.63) is 45.9 Å². The van der Waals surface area contributed by atoms with Crippen molar-refractivity contribution in [2.24, 2.45) is 5.84 Å². The van der Waals surface area contributed by atoms with Crippen LogP contribution in [0.2, 0.25) is 0 Å². The Hall–Kier alpha value is -1.92. The molecule has 5 nitrogen and oxygen atoms in total. The molecule has 100 valence electrons. The standard InChI is InChI=1S/C13H16N4OS/c1-2-9-3-4-10(19-9)7-16-13(18)11-8-15-6-5-12(11)17-14/h3-6,8H,2,7,14H2,1H3,(H,15,17)(H,16,18). The molecule has 2 aromatic heterocycles. The molecule has 0 aromatic carbocycles. The fraction of sp³-hybridized carbons (Fsp3) is 0.231. The van der Waals surface area contributed by atoms with Crippen LogP contribution in [0.15, 0.2) is 30.6 Å². The highest BCUT2D eigenvalue weighted by Gasteiger charge is 2.10. The van der Waals surface area contributed by atoms with Gasteiger partial charge in [-0.3, -0.25) is 15.6 Å². The van der Waals surface area contributed by atoms with E-state index in [2.05, 4.69) is 28.7 Å². The summed E-state index contributed by atoms with van der Waals surface area (Å²) in [6, 6.07) is 5.79. The van der Waals surface area contributed by atoms with Crippen LogP contribution >= 0.6 is 11.3 Å². The number of nitrogens with one attached hydrogen (secondary N) is 2. The Morgan fingerprint density at radius 1 is 1.37 bits per heavy atom. The molecule has 2 aromatic rings. The molecule has 0 saturated carbocycles. The molecule has 0 aliphatic carbocycles. The first-order chi connectivity index (χ1) is 9.24. The normalized spacial score (nSPS) is 10.2. The molecule has 0 fully saturated rings. The number of aryl methyl sites for hydroxylation is 1. The molecule has 0 aliphatic heterocycles. The maximum absolute atomic E-state index is 12.0. The van der Waals surface area contributed by atoms with E-state index in [0.29, 0.717) is 17.8 Å². The average molecular weight is 276 g/mol. The van der Waals surface area contributed by atoms with Gasteiger partial charge in [-0.2, -0.15) is 0 Å². The molecular weight excluding hydrogens is 260 g/mol. The van der Waals surface area contributed by atoms with Crippen molar-refractivity contribution in [2.75, 3.05) is 5.43 Å². The number of nitrogen functional groups attached to an aromatic ring is 1. The third-order valence-corrected chi connectivity index (χ3v) is 3.94. The maximum Gasteiger partial charge on any atom is 0.255 e. The van der Waals surface area contributed by atoms with E-state index >= 15 is 0 Å². The lowest BCUT2D eigenvalue weighted by Gasteiger charge is -2.08. The first-order valence-electron chi connectivity index (χ1n) is 6.01. The van der Waals surface area contributed by atoms with Crippen LogP contribution in [-0.2, 0) is 13.0 Å². The fourth-order valence-electron chi connectivity index (χ4n) is 1.67. The molecule has 0 unspecified atom stereocenters. The second kappa shape index (κ2) is 6.31. The van der Waals surface area contributed by atoms with Crippen molar-refractivity contribution in [2.45, 2.75) is 19.9 Å². The summed E-state index contributed by atoms with van der Waals surface area (Å²) in [4.78, 5) is 18.4. The summed E-state index contributed by atoms with van der Waals surface area (Å²) in [5.41, 5.74) is 3.49. The summed E-state index contributed by atoms with van der Waals surface area (Å²) < 4.78 is 0. The lowest BCUT2D eigenvalue weighted by atomic mass is 10.2. The van der Waals surface area contributed by atoms with Gasteiger partial charge in [0.25, 0.3) is 5.91 Å². The van der Waals surface area contributed by atoms with Gasteiger partial charge < -0.3 is 10.7 Å². The second-order valence-corrected chi connectivity index (χ2v) is 5.22. The van der Waals surface area contributed by atoms with E-state index in [1.165, 1.54) is 11.1 Å². The molecule has 4 N–H and O–H groups in total. The number of rotatable bonds is 5. The monoisotopic (exact) mass is 276 g/mol. The van der Waals surface area contributed by atoms with Gasteiger partial charge in [-0.05, 0) is 24.6 Å². The average Bonchev–Trinajstić information content (AvgIpc) is 2.92. The number of carbonyl (C=O) groups is 1. The number of pyridine rings is 1. The van der Waals surface area contributed by atoms with Gasteiger partial charge in [-0.1, -0.05) is 6.92 Å². The summed E-state index contributed by atoms with van der Waals surface area (Å²) in [5, 5.41) is 2.86. The van der Waals surface area contributed by atoms with Crippen molar-refractivity contribution in [3.63, 3.8) is 0 Å². The molecule has 0 spiro atoms. The van der Waals surface area contributed by atoms with E-state index in [0.717, 1.165) is 11.3 Å². The number of hydrogen-bond acceptors (Lipinski definition) is 5. The van der Waals surface area contributed by atoms with Gasteiger partial charge >= 0.3 is 0 Å². The van der Waals surface area contributed by atoms with Crippen LogP contribution in [0, 0.1) is 0 Å². The van der Waals surface area contributed by atoms with Gasteiger partial charge in [-0.15, -0.1) is 11.3 Å². The Morgan fingerprint density at radius 2 is 2.16 bits per heavy atom. The minimum atomic E-state index is -0.188. The molecule has 6 heteroatoms. The molecule has 19 heavy (non-hydrogen) atoms. The molecular formula is C13H16N4OS. The summed E-state index contributed by atoms with van der Waals surface area (Å²) in [5.74, 6) is 5.17. The minimum Gasteiger partial charge on any atom is -0.347 e. The third-order valence-electron chi connectivity index (χ3n) is 2.71. The first kappa shape index (κ1) is 13.5. The smallest absolute Gasteiger partial charge is 0.255 e. The fourth-order valence-corrected chi connectivity index (χ4v) is 2.57. The zero-order valence-corrected chi connectivity index (χ0v) is 11.5. The Kier molecular flexibility index (Phi) is 4.48. The second-order valence-electron chi connectivity index (χ2n) is 3.97. The van der Waals surface area contributed by atoms with E-state index in [-0.39, 0.29) is 5.91 Å².